The molecule has 21 heavy (non-hydrogen) atoms. The van der Waals surface area contributed by atoms with E-state index in [4.69, 9.17) is 9.47 Å². The van der Waals surface area contributed by atoms with Gasteiger partial charge < -0.3 is 19.7 Å². The average Bonchev–Trinajstić information content (AvgIpc) is 3.16. The van der Waals surface area contributed by atoms with Crippen LogP contribution in [0.5, 0.6) is 0 Å². The van der Waals surface area contributed by atoms with Crippen LogP contribution in [-0.4, -0.2) is 57.9 Å². The maximum atomic E-state index is 5.63. The van der Waals surface area contributed by atoms with Gasteiger partial charge in [-0.05, 0) is 28.8 Å². The van der Waals surface area contributed by atoms with Gasteiger partial charge in [0.1, 0.15) is 0 Å². The third-order valence-corrected chi connectivity index (χ3v) is 4.35. The van der Waals surface area contributed by atoms with Crippen molar-refractivity contribution in [2.24, 2.45) is 10.9 Å². The molecule has 118 valence electrons. The van der Waals surface area contributed by atoms with E-state index in [1.165, 1.54) is 5.56 Å². The molecule has 2 heterocycles. The van der Waals surface area contributed by atoms with E-state index < -0.39 is 0 Å². The third-order valence-electron chi connectivity index (χ3n) is 3.61. The van der Waals surface area contributed by atoms with E-state index in [1.807, 2.05) is 7.05 Å². The Morgan fingerprint density at radius 2 is 2.43 bits per heavy atom. The first-order valence-electron chi connectivity index (χ1n) is 7.37. The molecular formula is C15H25N3O2S. The average molecular weight is 311 g/mol. The molecule has 1 N–H and O–H groups in total. The van der Waals surface area contributed by atoms with Crippen LogP contribution in [0.15, 0.2) is 21.8 Å². The number of nitrogens with zero attached hydrogens (tertiary/aromatic N) is 2. The Hall–Kier alpha value is -1.11. The van der Waals surface area contributed by atoms with Gasteiger partial charge in [-0.1, -0.05) is 0 Å². The highest BCUT2D eigenvalue weighted by atomic mass is 32.1. The SMILES string of the molecule is CN=C(NCc1ccsc1)N1CCC(COCCOC)C1. The van der Waals surface area contributed by atoms with Crippen LogP contribution in [-0.2, 0) is 16.0 Å². The molecule has 1 aromatic rings. The summed E-state index contributed by atoms with van der Waals surface area (Å²) < 4.78 is 10.6. The first-order valence-corrected chi connectivity index (χ1v) is 8.31. The molecule has 0 bridgehead atoms. The zero-order valence-corrected chi connectivity index (χ0v) is 13.7. The predicted octanol–water partition coefficient (Wildman–Crippen LogP) is 1.81. The zero-order chi connectivity index (χ0) is 14.9. The largest absolute Gasteiger partial charge is 0.382 e. The molecule has 1 unspecified atom stereocenters. The van der Waals surface area contributed by atoms with Gasteiger partial charge in [0, 0.05) is 39.7 Å². The zero-order valence-electron chi connectivity index (χ0n) is 12.9. The van der Waals surface area contributed by atoms with Crippen LogP contribution in [0.4, 0.5) is 0 Å². The maximum absolute atomic E-state index is 5.63. The first-order chi connectivity index (χ1) is 10.3. The minimum atomic E-state index is 0.585. The molecule has 5 nitrogen and oxygen atoms in total. The van der Waals surface area contributed by atoms with Crippen molar-refractivity contribution in [3.05, 3.63) is 22.4 Å². The number of guanidine groups is 1. The lowest BCUT2D eigenvalue weighted by atomic mass is 10.1. The van der Waals surface area contributed by atoms with Crippen LogP contribution in [0.1, 0.15) is 12.0 Å². The van der Waals surface area contributed by atoms with Crippen LogP contribution in [0.2, 0.25) is 0 Å². The molecule has 0 aliphatic carbocycles. The number of methoxy groups -OCH3 is 1. The number of likely N-dealkylation sites (tertiary alicyclic amines) is 1. The van der Waals surface area contributed by atoms with Gasteiger partial charge in [-0.15, -0.1) is 0 Å². The second-order valence-electron chi connectivity index (χ2n) is 5.20. The highest BCUT2D eigenvalue weighted by Crippen LogP contribution is 2.16. The molecule has 0 spiro atoms. The van der Waals surface area contributed by atoms with E-state index in [0.717, 1.165) is 38.6 Å². The fraction of sp³-hybridized carbons (Fsp3) is 0.667. The summed E-state index contributed by atoms with van der Waals surface area (Å²) in [7, 11) is 3.54. The van der Waals surface area contributed by atoms with Gasteiger partial charge in [0.05, 0.1) is 19.8 Å². The molecular weight excluding hydrogens is 286 g/mol. The highest BCUT2D eigenvalue weighted by Gasteiger charge is 2.24. The molecule has 0 radical (unpaired) electrons. The van der Waals surface area contributed by atoms with Gasteiger partial charge in [0.15, 0.2) is 5.96 Å². The summed E-state index contributed by atoms with van der Waals surface area (Å²) in [4.78, 5) is 6.70. The van der Waals surface area contributed by atoms with Crippen molar-refractivity contribution in [3.8, 4) is 0 Å². The lowest BCUT2D eigenvalue weighted by molar-refractivity contribution is 0.0536. The van der Waals surface area contributed by atoms with E-state index in [9.17, 15) is 0 Å². The number of hydrogen-bond donors (Lipinski definition) is 1. The quantitative estimate of drug-likeness (QED) is 0.474. The standard InChI is InChI=1S/C15H25N3O2S/c1-16-15(17-9-13-4-8-21-12-13)18-5-3-14(10-18)11-20-7-6-19-2/h4,8,12,14H,3,5-7,9-11H2,1-2H3,(H,16,17). The number of thiophene rings is 1. The van der Waals surface area contributed by atoms with E-state index in [2.05, 4.69) is 32.0 Å². The topological polar surface area (TPSA) is 46.1 Å². The van der Waals surface area contributed by atoms with Crippen LogP contribution in [0, 0.1) is 5.92 Å². The van der Waals surface area contributed by atoms with Crippen molar-refractivity contribution >= 4 is 17.3 Å². The van der Waals surface area contributed by atoms with Crippen LogP contribution < -0.4 is 5.32 Å². The van der Waals surface area contributed by atoms with Gasteiger partial charge in [-0.25, -0.2) is 0 Å². The van der Waals surface area contributed by atoms with Crippen molar-refractivity contribution in [1.82, 2.24) is 10.2 Å². The van der Waals surface area contributed by atoms with E-state index in [1.54, 1.807) is 18.4 Å². The molecule has 0 amide bonds. The van der Waals surface area contributed by atoms with Crippen molar-refractivity contribution in [2.75, 3.05) is 47.1 Å². The highest BCUT2D eigenvalue weighted by molar-refractivity contribution is 7.07. The Morgan fingerprint density at radius 3 is 3.14 bits per heavy atom. The molecule has 1 aliphatic rings. The molecule has 1 aromatic heterocycles. The summed E-state index contributed by atoms with van der Waals surface area (Å²) in [6.07, 6.45) is 1.16. The van der Waals surface area contributed by atoms with E-state index in [-0.39, 0.29) is 0 Å². The van der Waals surface area contributed by atoms with E-state index in [0.29, 0.717) is 19.1 Å². The Labute approximate surface area is 131 Å². The Kier molecular flexibility index (Phi) is 6.99. The van der Waals surface area contributed by atoms with Crippen molar-refractivity contribution < 1.29 is 9.47 Å². The lowest BCUT2D eigenvalue weighted by Crippen LogP contribution is -2.39. The summed E-state index contributed by atoms with van der Waals surface area (Å²) in [6, 6.07) is 2.14. The summed E-state index contributed by atoms with van der Waals surface area (Å²) >= 11 is 1.72. The Balaban J connectivity index is 1.71. The molecule has 1 atom stereocenters. The Bertz CT molecular complexity index is 423. The van der Waals surface area contributed by atoms with Crippen molar-refractivity contribution in [1.29, 1.82) is 0 Å². The summed E-state index contributed by atoms with van der Waals surface area (Å²) in [6.45, 7) is 5.04. The minimum absolute atomic E-state index is 0.585. The van der Waals surface area contributed by atoms with Gasteiger partial charge in [-0.3, -0.25) is 4.99 Å². The normalized spacial score (nSPS) is 19.2. The monoisotopic (exact) mass is 311 g/mol. The maximum Gasteiger partial charge on any atom is 0.193 e. The molecule has 2 rings (SSSR count). The van der Waals surface area contributed by atoms with Gasteiger partial charge in [-0.2, -0.15) is 11.3 Å². The molecule has 0 saturated carbocycles. The number of nitrogens with one attached hydrogen (secondary N) is 1. The Morgan fingerprint density at radius 1 is 1.52 bits per heavy atom. The number of ether oxygens (including phenoxy) is 2. The van der Waals surface area contributed by atoms with Gasteiger partial charge in [0.25, 0.3) is 0 Å². The molecule has 0 aromatic carbocycles. The fourth-order valence-electron chi connectivity index (χ4n) is 2.46. The van der Waals surface area contributed by atoms with E-state index >= 15 is 0 Å². The van der Waals surface area contributed by atoms with Crippen LogP contribution in [0.3, 0.4) is 0 Å². The van der Waals surface area contributed by atoms with Gasteiger partial charge in [0.2, 0.25) is 0 Å². The fourth-order valence-corrected chi connectivity index (χ4v) is 3.13. The van der Waals surface area contributed by atoms with Crippen LogP contribution in [0.25, 0.3) is 0 Å². The smallest absolute Gasteiger partial charge is 0.193 e. The lowest BCUT2D eigenvalue weighted by Gasteiger charge is -2.21. The second-order valence-corrected chi connectivity index (χ2v) is 5.98. The number of hydrogen-bond acceptors (Lipinski definition) is 4. The predicted molar refractivity (Wildman–Crippen MR) is 86.9 cm³/mol. The summed E-state index contributed by atoms with van der Waals surface area (Å²) in [5.74, 6) is 1.57. The minimum Gasteiger partial charge on any atom is -0.382 e. The number of rotatable bonds is 7. The first kappa shape index (κ1) is 16.3. The van der Waals surface area contributed by atoms with Crippen LogP contribution >= 0.6 is 11.3 Å². The summed E-state index contributed by atoms with van der Waals surface area (Å²) in [5.41, 5.74) is 1.31. The van der Waals surface area contributed by atoms with Gasteiger partial charge >= 0.3 is 0 Å². The van der Waals surface area contributed by atoms with Crippen molar-refractivity contribution in [2.45, 2.75) is 13.0 Å². The molecule has 1 fully saturated rings. The van der Waals surface area contributed by atoms with Crippen molar-refractivity contribution in [3.63, 3.8) is 0 Å². The molecule has 6 heteroatoms. The second kappa shape index (κ2) is 9.02. The molecule has 1 saturated heterocycles. The number of aliphatic imine (C=N–C) groups is 1. The molecule has 1 aliphatic heterocycles. The third kappa shape index (κ3) is 5.30. The summed E-state index contributed by atoms with van der Waals surface area (Å²) in [5, 5.41) is 7.70.